The predicted molar refractivity (Wildman–Crippen MR) is 113 cm³/mol. The molecule has 2 N–H and O–H groups in total. The standard InChI is InChI=1S/C19H26ClN5O2S/c1-3-5-11-24-18(14-6-8-15(20)9-7-14)23-25(19(24)28)12-10-16(26)22-13-17(27)21-4-2/h6-9H,3-5,10-13H2,1-2H3,(H,21,27)(H,22,26). The first-order valence-electron chi connectivity index (χ1n) is 9.43. The second-order valence-corrected chi connectivity index (χ2v) is 7.12. The highest BCUT2D eigenvalue weighted by Gasteiger charge is 2.14. The average molecular weight is 424 g/mol. The van der Waals surface area contributed by atoms with Crippen LogP contribution in [0.25, 0.3) is 11.4 Å². The van der Waals surface area contributed by atoms with Crippen LogP contribution in [0.2, 0.25) is 5.02 Å². The van der Waals surface area contributed by atoms with Crippen LogP contribution < -0.4 is 10.6 Å². The van der Waals surface area contributed by atoms with Crippen LogP contribution in [0, 0.1) is 4.77 Å². The van der Waals surface area contributed by atoms with Crippen LogP contribution in [0.1, 0.15) is 33.1 Å². The first kappa shape index (κ1) is 22.1. The van der Waals surface area contributed by atoms with Gasteiger partial charge >= 0.3 is 0 Å². The SMILES string of the molecule is CCCCn1c(-c2ccc(Cl)cc2)nn(CCC(=O)NCC(=O)NCC)c1=S. The van der Waals surface area contributed by atoms with E-state index in [1.807, 2.05) is 35.8 Å². The van der Waals surface area contributed by atoms with Crippen LogP contribution in [0.4, 0.5) is 0 Å². The largest absolute Gasteiger partial charge is 0.355 e. The van der Waals surface area contributed by atoms with E-state index in [9.17, 15) is 9.59 Å². The Morgan fingerprint density at radius 3 is 2.46 bits per heavy atom. The molecule has 0 aliphatic rings. The van der Waals surface area contributed by atoms with Crippen LogP contribution >= 0.6 is 23.8 Å². The molecule has 0 unspecified atom stereocenters. The summed E-state index contributed by atoms with van der Waals surface area (Å²) in [6.45, 7) is 5.56. The van der Waals surface area contributed by atoms with Gasteiger partial charge in [-0.1, -0.05) is 24.9 Å². The molecule has 0 fully saturated rings. The number of likely N-dealkylation sites (N-methyl/N-ethyl adjacent to an activating group) is 1. The van der Waals surface area contributed by atoms with Crippen LogP contribution in [0.5, 0.6) is 0 Å². The first-order valence-corrected chi connectivity index (χ1v) is 10.2. The van der Waals surface area contributed by atoms with E-state index in [1.165, 1.54) is 0 Å². The van der Waals surface area contributed by atoms with Crippen LogP contribution in [0.3, 0.4) is 0 Å². The summed E-state index contributed by atoms with van der Waals surface area (Å²) in [7, 11) is 0. The van der Waals surface area contributed by atoms with Gasteiger partial charge in [0.15, 0.2) is 10.6 Å². The molecule has 28 heavy (non-hydrogen) atoms. The molecular weight excluding hydrogens is 398 g/mol. The molecule has 152 valence electrons. The zero-order valence-electron chi connectivity index (χ0n) is 16.2. The van der Waals surface area contributed by atoms with Gasteiger partial charge in [0, 0.05) is 30.1 Å². The quantitative estimate of drug-likeness (QED) is 0.575. The van der Waals surface area contributed by atoms with E-state index < -0.39 is 0 Å². The molecule has 0 saturated heterocycles. The van der Waals surface area contributed by atoms with Gasteiger partial charge in [-0.05, 0) is 49.8 Å². The van der Waals surface area contributed by atoms with E-state index in [4.69, 9.17) is 23.8 Å². The van der Waals surface area contributed by atoms with Crippen molar-refractivity contribution >= 4 is 35.6 Å². The van der Waals surface area contributed by atoms with E-state index in [2.05, 4.69) is 22.7 Å². The summed E-state index contributed by atoms with van der Waals surface area (Å²) in [6.07, 6.45) is 2.21. The molecule has 9 heteroatoms. The molecule has 0 aliphatic heterocycles. The van der Waals surface area contributed by atoms with E-state index in [1.54, 1.807) is 4.68 Å². The van der Waals surface area contributed by atoms with Crippen molar-refractivity contribution < 1.29 is 9.59 Å². The lowest BCUT2D eigenvalue weighted by molar-refractivity contribution is -0.126. The molecule has 2 amide bonds. The molecule has 0 atom stereocenters. The summed E-state index contributed by atoms with van der Waals surface area (Å²) in [5, 5.41) is 10.5. The smallest absolute Gasteiger partial charge is 0.239 e. The van der Waals surface area contributed by atoms with Gasteiger partial charge in [-0.2, -0.15) is 5.10 Å². The number of carbonyl (C=O) groups excluding carboxylic acids is 2. The second-order valence-electron chi connectivity index (χ2n) is 6.32. The van der Waals surface area contributed by atoms with Gasteiger partial charge < -0.3 is 10.6 Å². The third-order valence-electron chi connectivity index (χ3n) is 4.13. The van der Waals surface area contributed by atoms with Crippen LogP contribution in [0.15, 0.2) is 24.3 Å². The second kappa shape index (κ2) is 11.0. The summed E-state index contributed by atoms with van der Waals surface area (Å²) >= 11 is 11.6. The van der Waals surface area contributed by atoms with Crippen molar-refractivity contribution in [2.75, 3.05) is 13.1 Å². The Hall–Kier alpha value is -2.19. The zero-order valence-corrected chi connectivity index (χ0v) is 17.8. The third-order valence-corrected chi connectivity index (χ3v) is 4.81. The van der Waals surface area contributed by atoms with Gasteiger partial charge in [-0.15, -0.1) is 0 Å². The van der Waals surface area contributed by atoms with Crippen molar-refractivity contribution in [2.24, 2.45) is 0 Å². The summed E-state index contributed by atoms with van der Waals surface area (Å²) < 4.78 is 4.24. The van der Waals surface area contributed by atoms with E-state index in [-0.39, 0.29) is 24.8 Å². The fourth-order valence-electron chi connectivity index (χ4n) is 2.65. The fourth-order valence-corrected chi connectivity index (χ4v) is 3.09. The van der Waals surface area contributed by atoms with Gasteiger partial charge in [-0.25, -0.2) is 4.68 Å². The number of nitrogens with zero attached hydrogens (tertiary/aromatic N) is 3. The van der Waals surface area contributed by atoms with Crippen molar-refractivity contribution in [3.8, 4) is 11.4 Å². The number of hydrogen-bond acceptors (Lipinski definition) is 4. The number of aromatic nitrogens is 3. The Morgan fingerprint density at radius 1 is 1.11 bits per heavy atom. The molecule has 0 spiro atoms. The molecule has 1 aromatic heterocycles. The zero-order chi connectivity index (χ0) is 20.5. The maximum atomic E-state index is 12.0. The van der Waals surface area contributed by atoms with Gasteiger partial charge in [0.05, 0.1) is 13.1 Å². The lowest BCUT2D eigenvalue weighted by Crippen LogP contribution is -2.37. The summed E-state index contributed by atoms with van der Waals surface area (Å²) in [6, 6.07) is 7.45. The normalized spacial score (nSPS) is 10.7. The van der Waals surface area contributed by atoms with Gasteiger partial charge in [-0.3, -0.25) is 14.2 Å². The Labute approximate surface area is 175 Å². The maximum Gasteiger partial charge on any atom is 0.239 e. The number of halogens is 1. The highest BCUT2D eigenvalue weighted by Crippen LogP contribution is 2.21. The predicted octanol–water partition coefficient (Wildman–Crippen LogP) is 3.18. The van der Waals surface area contributed by atoms with Crippen LogP contribution in [-0.4, -0.2) is 39.3 Å². The maximum absolute atomic E-state index is 12.0. The van der Waals surface area contributed by atoms with Gasteiger partial charge in [0.1, 0.15) is 0 Å². The van der Waals surface area contributed by atoms with Gasteiger partial charge in [0.25, 0.3) is 0 Å². The Morgan fingerprint density at radius 2 is 1.82 bits per heavy atom. The summed E-state index contributed by atoms with van der Waals surface area (Å²) in [5.41, 5.74) is 0.922. The Balaban J connectivity index is 2.12. The Bertz CT molecular complexity index is 860. The topological polar surface area (TPSA) is 81.0 Å². The van der Waals surface area contributed by atoms with Crippen molar-refractivity contribution in [3.05, 3.63) is 34.1 Å². The fraction of sp³-hybridized carbons (Fsp3) is 0.474. The monoisotopic (exact) mass is 423 g/mol. The minimum absolute atomic E-state index is 0.0287. The van der Waals surface area contributed by atoms with E-state index in [0.717, 1.165) is 30.8 Å². The number of hydrogen-bond donors (Lipinski definition) is 2. The van der Waals surface area contributed by atoms with Crippen molar-refractivity contribution in [2.45, 2.75) is 46.2 Å². The van der Waals surface area contributed by atoms with E-state index >= 15 is 0 Å². The van der Waals surface area contributed by atoms with Gasteiger partial charge in [0.2, 0.25) is 11.8 Å². The van der Waals surface area contributed by atoms with Crippen molar-refractivity contribution in [1.29, 1.82) is 0 Å². The molecule has 0 aliphatic carbocycles. The number of rotatable bonds is 10. The van der Waals surface area contributed by atoms with Crippen molar-refractivity contribution in [1.82, 2.24) is 25.0 Å². The molecule has 2 rings (SSSR count). The first-order chi connectivity index (χ1) is 13.5. The summed E-state index contributed by atoms with van der Waals surface area (Å²) in [5.74, 6) is 0.337. The minimum Gasteiger partial charge on any atom is -0.355 e. The molecule has 7 nitrogen and oxygen atoms in total. The number of amides is 2. The molecule has 1 heterocycles. The Kier molecular flexibility index (Phi) is 8.66. The number of nitrogens with one attached hydrogen (secondary N) is 2. The number of unbranched alkanes of at least 4 members (excludes halogenated alkanes) is 1. The number of benzene rings is 1. The minimum atomic E-state index is -0.218. The van der Waals surface area contributed by atoms with Crippen molar-refractivity contribution in [3.63, 3.8) is 0 Å². The summed E-state index contributed by atoms with van der Waals surface area (Å²) in [4.78, 5) is 23.5. The highest BCUT2D eigenvalue weighted by atomic mass is 35.5. The molecule has 0 saturated carbocycles. The molecular formula is C19H26ClN5O2S. The molecule has 1 aromatic carbocycles. The lowest BCUT2D eigenvalue weighted by Gasteiger charge is -2.06. The highest BCUT2D eigenvalue weighted by molar-refractivity contribution is 7.71. The van der Waals surface area contributed by atoms with Crippen LogP contribution in [-0.2, 0) is 22.7 Å². The lowest BCUT2D eigenvalue weighted by atomic mass is 10.2. The third kappa shape index (κ3) is 6.17. The van der Waals surface area contributed by atoms with E-state index in [0.29, 0.717) is 22.9 Å². The molecule has 0 bridgehead atoms. The number of carbonyl (C=O) groups is 2. The molecule has 0 radical (unpaired) electrons. The number of aryl methyl sites for hydroxylation is 1. The average Bonchev–Trinajstić information content (AvgIpc) is 2.99. The molecule has 2 aromatic rings.